The van der Waals surface area contributed by atoms with Gasteiger partial charge in [0, 0.05) is 0 Å². The third kappa shape index (κ3) is 2.51. The fourth-order valence-corrected chi connectivity index (χ4v) is 1.17. The summed E-state index contributed by atoms with van der Waals surface area (Å²) in [5.41, 5.74) is 0.452. The molecule has 1 aromatic carbocycles. The third-order valence-electron chi connectivity index (χ3n) is 2.08. The fourth-order valence-electron chi connectivity index (χ4n) is 1.17. The van der Waals surface area contributed by atoms with Crippen molar-refractivity contribution in [3.05, 3.63) is 35.1 Å². The SMILES string of the molecule is Cc1cc(C(O)C(O)C(=O)O)ccc1F. The number of halogens is 1. The quantitative estimate of drug-likeness (QED) is 0.689. The van der Waals surface area contributed by atoms with Crippen LogP contribution in [0.25, 0.3) is 0 Å². The summed E-state index contributed by atoms with van der Waals surface area (Å²) >= 11 is 0. The van der Waals surface area contributed by atoms with Gasteiger partial charge in [-0.3, -0.25) is 0 Å². The van der Waals surface area contributed by atoms with Crippen LogP contribution in [0.4, 0.5) is 4.39 Å². The number of aliphatic hydroxyl groups is 2. The molecule has 4 nitrogen and oxygen atoms in total. The minimum atomic E-state index is -1.91. The maximum atomic E-state index is 12.9. The Balaban J connectivity index is 2.96. The highest BCUT2D eigenvalue weighted by Gasteiger charge is 2.25. The molecule has 1 rings (SSSR count). The first-order valence-corrected chi connectivity index (χ1v) is 4.28. The largest absolute Gasteiger partial charge is 0.479 e. The number of hydrogen-bond acceptors (Lipinski definition) is 3. The molecule has 0 radical (unpaired) electrons. The van der Waals surface area contributed by atoms with Gasteiger partial charge in [-0.25, -0.2) is 9.18 Å². The van der Waals surface area contributed by atoms with Crippen LogP contribution in [0.5, 0.6) is 0 Å². The molecule has 0 saturated heterocycles. The van der Waals surface area contributed by atoms with Crippen molar-refractivity contribution < 1.29 is 24.5 Å². The molecule has 1 aromatic rings. The Hall–Kier alpha value is -1.46. The molecule has 0 aliphatic heterocycles. The van der Waals surface area contributed by atoms with Crippen LogP contribution in [0.2, 0.25) is 0 Å². The average Bonchev–Trinajstić information content (AvgIpc) is 2.19. The summed E-state index contributed by atoms with van der Waals surface area (Å²) in [5, 5.41) is 26.9. The monoisotopic (exact) mass is 214 g/mol. The minimum Gasteiger partial charge on any atom is -0.479 e. The lowest BCUT2D eigenvalue weighted by molar-refractivity contribution is -0.153. The van der Waals surface area contributed by atoms with E-state index in [1.165, 1.54) is 19.1 Å². The number of carboxylic acid groups (broad SMARTS) is 1. The molecule has 0 spiro atoms. The number of aliphatic carboxylic acids is 1. The molecule has 15 heavy (non-hydrogen) atoms. The summed E-state index contributed by atoms with van der Waals surface area (Å²) in [4.78, 5) is 10.4. The van der Waals surface area contributed by atoms with Crippen molar-refractivity contribution in [3.8, 4) is 0 Å². The lowest BCUT2D eigenvalue weighted by Gasteiger charge is -2.14. The molecule has 2 atom stereocenters. The van der Waals surface area contributed by atoms with Crippen molar-refractivity contribution in [2.45, 2.75) is 19.1 Å². The van der Waals surface area contributed by atoms with Crippen molar-refractivity contribution in [1.82, 2.24) is 0 Å². The van der Waals surface area contributed by atoms with Gasteiger partial charge in [0.2, 0.25) is 0 Å². The zero-order valence-electron chi connectivity index (χ0n) is 8.01. The Morgan fingerprint density at radius 3 is 2.47 bits per heavy atom. The molecule has 0 saturated carbocycles. The summed E-state index contributed by atoms with van der Waals surface area (Å²) in [7, 11) is 0. The van der Waals surface area contributed by atoms with E-state index in [-0.39, 0.29) is 11.1 Å². The third-order valence-corrected chi connectivity index (χ3v) is 2.08. The van der Waals surface area contributed by atoms with Crippen LogP contribution in [-0.2, 0) is 4.79 Å². The van der Waals surface area contributed by atoms with Crippen LogP contribution in [0.1, 0.15) is 17.2 Å². The summed E-state index contributed by atoms with van der Waals surface area (Å²) in [5.74, 6) is -1.97. The Morgan fingerprint density at radius 1 is 1.40 bits per heavy atom. The second-order valence-electron chi connectivity index (χ2n) is 3.24. The van der Waals surface area contributed by atoms with E-state index in [4.69, 9.17) is 10.2 Å². The Bertz CT molecular complexity index is 378. The highest BCUT2D eigenvalue weighted by Crippen LogP contribution is 2.19. The summed E-state index contributed by atoms with van der Waals surface area (Å²) in [6, 6.07) is 3.65. The number of aryl methyl sites for hydroxylation is 1. The summed E-state index contributed by atoms with van der Waals surface area (Å²) in [6.07, 6.45) is -3.46. The zero-order valence-corrected chi connectivity index (χ0v) is 8.01. The van der Waals surface area contributed by atoms with Crippen molar-refractivity contribution in [2.24, 2.45) is 0 Å². The van der Waals surface area contributed by atoms with Gasteiger partial charge in [0.1, 0.15) is 11.9 Å². The van der Waals surface area contributed by atoms with Crippen molar-refractivity contribution in [3.63, 3.8) is 0 Å². The predicted molar refractivity (Wildman–Crippen MR) is 49.7 cm³/mol. The van der Waals surface area contributed by atoms with E-state index in [0.717, 1.165) is 6.07 Å². The molecule has 3 N–H and O–H groups in total. The van der Waals surface area contributed by atoms with Gasteiger partial charge in [-0.05, 0) is 24.1 Å². The Kier molecular flexibility index (Phi) is 3.39. The van der Waals surface area contributed by atoms with E-state index >= 15 is 0 Å². The number of carbonyl (C=O) groups is 1. The van der Waals surface area contributed by atoms with E-state index in [1.807, 2.05) is 0 Å². The van der Waals surface area contributed by atoms with E-state index in [9.17, 15) is 14.3 Å². The van der Waals surface area contributed by atoms with Gasteiger partial charge in [-0.1, -0.05) is 12.1 Å². The normalized spacial score (nSPS) is 14.7. The second kappa shape index (κ2) is 4.37. The Morgan fingerprint density at radius 2 is 2.00 bits per heavy atom. The molecule has 0 heterocycles. The minimum absolute atomic E-state index is 0.170. The molecule has 0 aliphatic carbocycles. The first-order valence-electron chi connectivity index (χ1n) is 4.28. The number of rotatable bonds is 3. The van der Waals surface area contributed by atoms with Gasteiger partial charge in [-0.15, -0.1) is 0 Å². The molecule has 82 valence electrons. The standard InChI is InChI=1S/C10H11FO4/c1-5-4-6(2-3-7(5)11)8(12)9(13)10(14)15/h2-4,8-9,12-13H,1H3,(H,14,15). The maximum Gasteiger partial charge on any atom is 0.335 e. The van der Waals surface area contributed by atoms with Crippen LogP contribution in [0.15, 0.2) is 18.2 Å². The van der Waals surface area contributed by atoms with Crippen molar-refractivity contribution >= 4 is 5.97 Å². The van der Waals surface area contributed by atoms with E-state index in [2.05, 4.69) is 0 Å². The van der Waals surface area contributed by atoms with Crippen LogP contribution in [0, 0.1) is 12.7 Å². The molecule has 0 amide bonds. The van der Waals surface area contributed by atoms with Gasteiger partial charge < -0.3 is 15.3 Å². The topological polar surface area (TPSA) is 77.8 Å². The second-order valence-corrected chi connectivity index (χ2v) is 3.24. The molecule has 0 aromatic heterocycles. The van der Waals surface area contributed by atoms with Gasteiger partial charge in [0.05, 0.1) is 0 Å². The fraction of sp³-hybridized carbons (Fsp3) is 0.300. The molecule has 0 fully saturated rings. The van der Waals surface area contributed by atoms with Crippen LogP contribution in [0.3, 0.4) is 0 Å². The summed E-state index contributed by atoms with van der Waals surface area (Å²) in [6.45, 7) is 1.48. The smallest absolute Gasteiger partial charge is 0.335 e. The molecule has 2 unspecified atom stereocenters. The van der Waals surface area contributed by atoms with Crippen LogP contribution in [-0.4, -0.2) is 27.4 Å². The van der Waals surface area contributed by atoms with Crippen LogP contribution >= 0.6 is 0 Å². The average molecular weight is 214 g/mol. The first-order chi connectivity index (χ1) is 6.93. The van der Waals surface area contributed by atoms with Crippen molar-refractivity contribution in [1.29, 1.82) is 0 Å². The lowest BCUT2D eigenvalue weighted by atomic mass is 10.0. The molecule has 0 bridgehead atoms. The molecule has 0 aliphatic rings. The van der Waals surface area contributed by atoms with E-state index < -0.39 is 24.0 Å². The summed E-state index contributed by atoms with van der Waals surface area (Å²) < 4.78 is 12.9. The molecular formula is C10H11FO4. The Labute approximate surface area is 85.6 Å². The van der Waals surface area contributed by atoms with E-state index in [0.29, 0.717) is 0 Å². The number of hydrogen-bond donors (Lipinski definition) is 3. The maximum absolute atomic E-state index is 12.9. The number of carboxylic acids is 1. The van der Waals surface area contributed by atoms with Crippen LogP contribution < -0.4 is 0 Å². The lowest BCUT2D eigenvalue weighted by Crippen LogP contribution is -2.27. The van der Waals surface area contributed by atoms with Crippen molar-refractivity contribution in [2.75, 3.05) is 0 Å². The van der Waals surface area contributed by atoms with Gasteiger partial charge >= 0.3 is 5.97 Å². The van der Waals surface area contributed by atoms with Gasteiger partial charge in [0.15, 0.2) is 6.10 Å². The highest BCUT2D eigenvalue weighted by molar-refractivity contribution is 5.73. The number of benzene rings is 1. The molecular weight excluding hydrogens is 203 g/mol. The molecule has 5 heteroatoms. The van der Waals surface area contributed by atoms with Gasteiger partial charge in [0.25, 0.3) is 0 Å². The zero-order chi connectivity index (χ0) is 11.6. The van der Waals surface area contributed by atoms with E-state index in [1.54, 1.807) is 0 Å². The predicted octanol–water partition coefficient (Wildman–Crippen LogP) is 0.613. The number of aliphatic hydroxyl groups excluding tert-OH is 2. The first kappa shape index (κ1) is 11.6. The van der Waals surface area contributed by atoms with Gasteiger partial charge in [-0.2, -0.15) is 0 Å². The highest BCUT2D eigenvalue weighted by atomic mass is 19.1.